The molecule has 0 saturated carbocycles. The summed E-state index contributed by atoms with van der Waals surface area (Å²) in [5, 5.41) is 0. The van der Waals surface area contributed by atoms with Crippen LogP contribution in [0.2, 0.25) is 0 Å². The SMILES string of the molecule is CN(Cc1ccccc1OC(F)(F)F)S(=O)(=O)Cc1cccc(F)c1. The van der Waals surface area contributed by atoms with Crippen molar-refractivity contribution in [3.63, 3.8) is 0 Å². The van der Waals surface area contributed by atoms with Crippen LogP contribution in [0.5, 0.6) is 5.75 Å². The van der Waals surface area contributed by atoms with Crippen LogP contribution in [0, 0.1) is 5.82 Å². The van der Waals surface area contributed by atoms with Crippen LogP contribution in [0.3, 0.4) is 0 Å². The third-order valence-corrected chi connectivity index (χ3v) is 5.08. The lowest BCUT2D eigenvalue weighted by Crippen LogP contribution is -2.28. The van der Waals surface area contributed by atoms with Gasteiger partial charge in [0.05, 0.1) is 5.75 Å². The van der Waals surface area contributed by atoms with Gasteiger partial charge in [-0.15, -0.1) is 13.2 Å². The number of halogens is 4. The number of para-hydroxylation sites is 1. The van der Waals surface area contributed by atoms with Gasteiger partial charge in [-0.1, -0.05) is 30.3 Å². The fraction of sp³-hybridized carbons (Fsp3) is 0.250. The van der Waals surface area contributed by atoms with Gasteiger partial charge in [0.25, 0.3) is 0 Å². The lowest BCUT2D eigenvalue weighted by atomic mass is 10.2. The first-order valence-corrected chi connectivity index (χ1v) is 8.70. The number of benzene rings is 2. The van der Waals surface area contributed by atoms with E-state index in [9.17, 15) is 26.0 Å². The highest BCUT2D eigenvalue weighted by molar-refractivity contribution is 7.88. The Morgan fingerprint density at radius 1 is 1.08 bits per heavy atom. The second kappa shape index (κ2) is 7.40. The zero-order valence-corrected chi connectivity index (χ0v) is 13.9. The van der Waals surface area contributed by atoms with Gasteiger partial charge in [0.1, 0.15) is 11.6 Å². The Morgan fingerprint density at radius 2 is 1.76 bits per heavy atom. The minimum absolute atomic E-state index is 0.0603. The third kappa shape index (κ3) is 5.71. The van der Waals surface area contributed by atoms with Crippen molar-refractivity contribution in [2.45, 2.75) is 18.7 Å². The predicted molar refractivity (Wildman–Crippen MR) is 83.6 cm³/mol. The van der Waals surface area contributed by atoms with Crippen LogP contribution in [0.25, 0.3) is 0 Å². The molecule has 0 aromatic heterocycles. The number of ether oxygens (including phenoxy) is 1. The van der Waals surface area contributed by atoms with Gasteiger partial charge >= 0.3 is 6.36 Å². The highest BCUT2D eigenvalue weighted by atomic mass is 32.2. The van der Waals surface area contributed by atoms with E-state index >= 15 is 0 Å². The summed E-state index contributed by atoms with van der Waals surface area (Å²) in [4.78, 5) is 0. The van der Waals surface area contributed by atoms with E-state index in [1.807, 2.05) is 0 Å². The predicted octanol–water partition coefficient (Wildman–Crippen LogP) is 3.69. The first-order chi connectivity index (χ1) is 11.6. The minimum atomic E-state index is -4.88. The van der Waals surface area contributed by atoms with Crippen molar-refractivity contribution in [2.24, 2.45) is 0 Å². The van der Waals surface area contributed by atoms with E-state index in [1.165, 1.54) is 43.4 Å². The van der Waals surface area contributed by atoms with E-state index in [-0.39, 0.29) is 17.7 Å². The van der Waals surface area contributed by atoms with Crippen molar-refractivity contribution in [2.75, 3.05) is 7.05 Å². The van der Waals surface area contributed by atoms with E-state index in [0.29, 0.717) is 0 Å². The largest absolute Gasteiger partial charge is 0.573 e. The molecule has 0 heterocycles. The second-order valence-corrected chi connectivity index (χ2v) is 7.37. The second-order valence-electron chi connectivity index (χ2n) is 5.30. The molecule has 0 aliphatic carbocycles. The topological polar surface area (TPSA) is 46.6 Å². The fourth-order valence-electron chi connectivity index (χ4n) is 2.14. The molecule has 2 rings (SSSR count). The normalized spacial score (nSPS) is 12.4. The summed E-state index contributed by atoms with van der Waals surface area (Å²) in [7, 11) is -2.62. The number of rotatable bonds is 6. The molecule has 0 atom stereocenters. The maximum Gasteiger partial charge on any atom is 0.573 e. The Balaban J connectivity index is 2.17. The molecular weight excluding hydrogens is 362 g/mol. The van der Waals surface area contributed by atoms with Crippen molar-refractivity contribution >= 4 is 10.0 Å². The maximum atomic E-state index is 13.2. The fourth-order valence-corrected chi connectivity index (χ4v) is 3.30. The Labute approximate surface area is 142 Å². The highest BCUT2D eigenvalue weighted by Gasteiger charge is 2.32. The molecule has 0 bridgehead atoms. The molecule has 4 nitrogen and oxygen atoms in total. The Hall–Kier alpha value is -2.13. The molecule has 0 aliphatic heterocycles. The van der Waals surface area contributed by atoms with Crippen molar-refractivity contribution in [3.05, 3.63) is 65.5 Å². The van der Waals surface area contributed by atoms with Gasteiger partial charge < -0.3 is 4.74 Å². The van der Waals surface area contributed by atoms with Crippen LogP contribution in [-0.2, 0) is 22.3 Å². The zero-order valence-electron chi connectivity index (χ0n) is 13.1. The van der Waals surface area contributed by atoms with E-state index in [4.69, 9.17) is 0 Å². The molecule has 9 heteroatoms. The van der Waals surface area contributed by atoms with Gasteiger partial charge in [-0.2, -0.15) is 0 Å². The van der Waals surface area contributed by atoms with Crippen LogP contribution in [0.15, 0.2) is 48.5 Å². The Bertz CT molecular complexity index is 837. The molecule has 2 aromatic carbocycles. The molecule has 2 aromatic rings. The molecule has 25 heavy (non-hydrogen) atoms. The monoisotopic (exact) mass is 377 g/mol. The first-order valence-electron chi connectivity index (χ1n) is 7.09. The van der Waals surface area contributed by atoms with E-state index in [1.54, 1.807) is 0 Å². The summed E-state index contributed by atoms with van der Waals surface area (Å²) < 4.78 is 80.0. The van der Waals surface area contributed by atoms with Gasteiger partial charge in [0, 0.05) is 19.2 Å². The molecule has 136 valence electrons. The Kier molecular flexibility index (Phi) is 5.69. The highest BCUT2D eigenvalue weighted by Crippen LogP contribution is 2.27. The number of alkyl halides is 3. The van der Waals surface area contributed by atoms with Gasteiger partial charge in [0.15, 0.2) is 0 Å². The Morgan fingerprint density at radius 3 is 2.40 bits per heavy atom. The van der Waals surface area contributed by atoms with Gasteiger partial charge in [-0.05, 0) is 23.8 Å². The summed E-state index contributed by atoms with van der Waals surface area (Å²) in [5.41, 5.74) is 0.303. The van der Waals surface area contributed by atoms with Crippen molar-refractivity contribution in [1.82, 2.24) is 4.31 Å². The van der Waals surface area contributed by atoms with Crippen molar-refractivity contribution in [1.29, 1.82) is 0 Å². The average Bonchev–Trinajstić information content (AvgIpc) is 2.47. The quantitative estimate of drug-likeness (QED) is 0.722. The van der Waals surface area contributed by atoms with Crippen molar-refractivity contribution < 1.29 is 30.7 Å². The molecule has 0 fully saturated rings. The van der Waals surface area contributed by atoms with Crippen molar-refractivity contribution in [3.8, 4) is 5.75 Å². The molecule has 0 aliphatic rings. The first kappa shape index (κ1) is 19.2. The van der Waals surface area contributed by atoms with Crippen LogP contribution >= 0.6 is 0 Å². The number of hydrogen-bond acceptors (Lipinski definition) is 3. The van der Waals surface area contributed by atoms with Gasteiger partial charge in [-0.3, -0.25) is 0 Å². The summed E-state index contributed by atoms with van der Waals surface area (Å²) in [6.45, 7) is -0.316. The number of nitrogens with zero attached hydrogens (tertiary/aromatic N) is 1. The minimum Gasteiger partial charge on any atom is -0.405 e. The molecule has 0 amide bonds. The summed E-state index contributed by atoms with van der Waals surface area (Å²) in [6.07, 6.45) is -4.88. The zero-order chi connectivity index (χ0) is 18.7. The van der Waals surface area contributed by atoms with E-state index in [0.717, 1.165) is 16.4 Å². The smallest absolute Gasteiger partial charge is 0.405 e. The molecule has 0 saturated heterocycles. The molecule has 0 unspecified atom stereocenters. The summed E-state index contributed by atoms with van der Waals surface area (Å²) in [5.74, 6) is -1.51. The average molecular weight is 377 g/mol. The van der Waals surface area contributed by atoms with Crippen LogP contribution in [-0.4, -0.2) is 26.1 Å². The lowest BCUT2D eigenvalue weighted by molar-refractivity contribution is -0.274. The summed E-state index contributed by atoms with van der Waals surface area (Å²) in [6, 6.07) is 10.4. The van der Waals surface area contributed by atoms with Crippen LogP contribution in [0.1, 0.15) is 11.1 Å². The van der Waals surface area contributed by atoms with Gasteiger partial charge in [0.2, 0.25) is 10.0 Å². The standard InChI is InChI=1S/C16H15F4NO3S/c1-21(25(22,23)11-12-5-4-7-14(17)9-12)10-13-6-2-3-8-15(13)24-16(18,19)20/h2-9H,10-11H2,1H3. The summed E-state index contributed by atoms with van der Waals surface area (Å²) >= 11 is 0. The molecule has 0 radical (unpaired) electrons. The maximum absolute atomic E-state index is 13.2. The molecular formula is C16H15F4NO3S. The van der Waals surface area contributed by atoms with Crippen LogP contribution in [0.4, 0.5) is 17.6 Å². The van der Waals surface area contributed by atoms with E-state index in [2.05, 4.69) is 4.74 Å². The molecule has 0 N–H and O–H groups in total. The third-order valence-electron chi connectivity index (χ3n) is 3.30. The van der Waals surface area contributed by atoms with Gasteiger partial charge in [-0.25, -0.2) is 17.1 Å². The number of sulfonamides is 1. The van der Waals surface area contributed by atoms with Crippen LogP contribution < -0.4 is 4.74 Å². The lowest BCUT2D eigenvalue weighted by Gasteiger charge is -2.19. The number of hydrogen-bond donors (Lipinski definition) is 0. The van der Waals surface area contributed by atoms with E-state index < -0.39 is 33.7 Å². The molecule has 0 spiro atoms.